The van der Waals surface area contributed by atoms with Crippen LogP contribution in [-0.4, -0.2) is 29.8 Å². The van der Waals surface area contributed by atoms with Gasteiger partial charge >= 0.3 is 0 Å². The van der Waals surface area contributed by atoms with Crippen LogP contribution in [0, 0.1) is 11.8 Å². The number of hydrogen-bond acceptors (Lipinski definition) is 2. The molecule has 1 saturated heterocycles. The molecule has 0 aromatic heterocycles. The third kappa shape index (κ3) is 2.90. The quantitative estimate of drug-likeness (QED) is 0.751. The number of likely N-dealkylation sites (tertiary alicyclic amines) is 1. The van der Waals surface area contributed by atoms with E-state index in [4.69, 9.17) is 0 Å². The summed E-state index contributed by atoms with van der Waals surface area (Å²) < 4.78 is 0. The van der Waals surface area contributed by atoms with Gasteiger partial charge in [-0.15, -0.1) is 0 Å². The van der Waals surface area contributed by atoms with Crippen molar-refractivity contribution in [3.8, 4) is 0 Å². The van der Waals surface area contributed by atoms with Gasteiger partial charge in [0.25, 0.3) is 0 Å². The van der Waals surface area contributed by atoms with E-state index in [2.05, 4.69) is 18.7 Å². The summed E-state index contributed by atoms with van der Waals surface area (Å²) in [5.41, 5.74) is 0. The molecule has 0 bridgehead atoms. The number of hydrogen-bond donors (Lipinski definition) is 0. The van der Waals surface area contributed by atoms with E-state index in [1.54, 1.807) is 0 Å². The van der Waals surface area contributed by atoms with Crippen LogP contribution in [0.2, 0.25) is 0 Å². The van der Waals surface area contributed by atoms with Gasteiger partial charge in [-0.05, 0) is 25.2 Å². The van der Waals surface area contributed by atoms with E-state index in [1.807, 2.05) is 0 Å². The zero-order chi connectivity index (χ0) is 12.3. The molecule has 2 nitrogen and oxygen atoms in total. The lowest BCUT2D eigenvalue weighted by Gasteiger charge is -2.43. The molecule has 2 aliphatic rings. The minimum Gasteiger partial charge on any atom is -0.299 e. The molecule has 1 aliphatic carbocycles. The lowest BCUT2D eigenvalue weighted by Crippen LogP contribution is -2.49. The second-order valence-corrected chi connectivity index (χ2v) is 5.84. The van der Waals surface area contributed by atoms with Gasteiger partial charge in [0.05, 0.1) is 0 Å². The average molecular weight is 237 g/mol. The van der Waals surface area contributed by atoms with Crippen LogP contribution >= 0.6 is 0 Å². The second-order valence-electron chi connectivity index (χ2n) is 5.84. The molecule has 0 amide bonds. The van der Waals surface area contributed by atoms with E-state index in [0.717, 1.165) is 37.9 Å². The lowest BCUT2D eigenvalue weighted by atomic mass is 9.80. The van der Waals surface area contributed by atoms with Gasteiger partial charge in [0.2, 0.25) is 0 Å². The van der Waals surface area contributed by atoms with Gasteiger partial charge in [-0.2, -0.15) is 0 Å². The number of rotatable bonds is 3. The molecule has 0 radical (unpaired) electrons. The van der Waals surface area contributed by atoms with Gasteiger partial charge in [0, 0.05) is 31.5 Å². The van der Waals surface area contributed by atoms with Gasteiger partial charge < -0.3 is 0 Å². The molecule has 0 aromatic carbocycles. The van der Waals surface area contributed by atoms with Crippen molar-refractivity contribution >= 4 is 5.78 Å². The highest BCUT2D eigenvalue weighted by molar-refractivity contribution is 5.82. The minimum absolute atomic E-state index is 0.322. The van der Waals surface area contributed by atoms with Crippen LogP contribution in [-0.2, 0) is 4.79 Å². The Morgan fingerprint density at radius 1 is 1.18 bits per heavy atom. The predicted octanol–water partition coefficient (Wildman–Crippen LogP) is 3.26. The highest BCUT2D eigenvalue weighted by Gasteiger charge is 2.34. The third-order valence-electron chi connectivity index (χ3n) is 4.91. The van der Waals surface area contributed by atoms with E-state index < -0.39 is 0 Å². The standard InChI is InChI=1S/C15H27NO/c1-3-12-7-5-6-8-14(12)16-10-9-15(17)13(4-2)11-16/h12-14H,3-11H2,1-2H3. The topological polar surface area (TPSA) is 20.3 Å². The molecule has 98 valence electrons. The first-order valence-corrected chi connectivity index (χ1v) is 7.53. The average Bonchev–Trinajstić information content (AvgIpc) is 2.39. The summed E-state index contributed by atoms with van der Waals surface area (Å²) in [7, 11) is 0. The van der Waals surface area contributed by atoms with Gasteiger partial charge in [-0.1, -0.05) is 33.1 Å². The Morgan fingerprint density at radius 3 is 2.65 bits per heavy atom. The SMILES string of the molecule is CCC1CN(C2CCCCC2CC)CCC1=O. The van der Waals surface area contributed by atoms with Crippen LogP contribution in [0.3, 0.4) is 0 Å². The van der Waals surface area contributed by atoms with Crippen molar-refractivity contribution in [3.05, 3.63) is 0 Å². The van der Waals surface area contributed by atoms with Crippen molar-refractivity contribution in [2.45, 2.75) is 64.8 Å². The Hall–Kier alpha value is -0.370. The molecule has 2 fully saturated rings. The summed E-state index contributed by atoms with van der Waals surface area (Å²) in [5, 5.41) is 0. The smallest absolute Gasteiger partial charge is 0.138 e. The first-order chi connectivity index (χ1) is 8.26. The summed E-state index contributed by atoms with van der Waals surface area (Å²) in [6.45, 7) is 6.55. The van der Waals surface area contributed by atoms with Crippen molar-refractivity contribution in [1.29, 1.82) is 0 Å². The van der Waals surface area contributed by atoms with E-state index in [0.29, 0.717) is 11.7 Å². The Balaban J connectivity index is 1.98. The third-order valence-corrected chi connectivity index (χ3v) is 4.91. The fourth-order valence-electron chi connectivity index (χ4n) is 3.74. The maximum atomic E-state index is 11.8. The molecule has 0 N–H and O–H groups in total. The predicted molar refractivity (Wildman–Crippen MR) is 71.0 cm³/mol. The molecule has 0 spiro atoms. The maximum absolute atomic E-state index is 11.8. The summed E-state index contributed by atoms with van der Waals surface area (Å²) in [6, 6.07) is 0.774. The highest BCUT2D eigenvalue weighted by atomic mass is 16.1. The number of carbonyl (C=O) groups excluding carboxylic acids is 1. The number of carbonyl (C=O) groups is 1. The van der Waals surface area contributed by atoms with E-state index in [1.165, 1.54) is 32.1 Å². The van der Waals surface area contributed by atoms with Crippen LogP contribution < -0.4 is 0 Å². The Labute approximate surface area is 106 Å². The number of nitrogens with zero attached hydrogens (tertiary/aromatic N) is 1. The van der Waals surface area contributed by atoms with E-state index in [-0.39, 0.29) is 0 Å². The van der Waals surface area contributed by atoms with Crippen molar-refractivity contribution in [3.63, 3.8) is 0 Å². The van der Waals surface area contributed by atoms with Crippen LogP contribution in [0.1, 0.15) is 58.8 Å². The monoisotopic (exact) mass is 237 g/mol. The number of ketones is 1. The molecule has 0 aromatic rings. The van der Waals surface area contributed by atoms with Crippen LogP contribution in [0.4, 0.5) is 0 Å². The first-order valence-electron chi connectivity index (χ1n) is 7.53. The molecular weight excluding hydrogens is 210 g/mol. The van der Waals surface area contributed by atoms with E-state index >= 15 is 0 Å². The van der Waals surface area contributed by atoms with Crippen molar-refractivity contribution in [2.75, 3.05) is 13.1 Å². The van der Waals surface area contributed by atoms with Crippen LogP contribution in [0.5, 0.6) is 0 Å². The first kappa shape index (κ1) is 13.1. The second kappa shape index (κ2) is 5.99. The maximum Gasteiger partial charge on any atom is 0.138 e. The molecule has 3 unspecified atom stereocenters. The summed E-state index contributed by atoms with van der Waals surface area (Å²) >= 11 is 0. The highest BCUT2D eigenvalue weighted by Crippen LogP contribution is 2.32. The molecule has 1 heterocycles. The van der Waals surface area contributed by atoms with Crippen LogP contribution in [0.15, 0.2) is 0 Å². The fraction of sp³-hybridized carbons (Fsp3) is 0.933. The fourth-order valence-corrected chi connectivity index (χ4v) is 3.74. The zero-order valence-corrected chi connectivity index (χ0v) is 11.5. The largest absolute Gasteiger partial charge is 0.299 e. The molecule has 2 rings (SSSR count). The van der Waals surface area contributed by atoms with Gasteiger partial charge in [-0.3, -0.25) is 9.69 Å². The summed E-state index contributed by atoms with van der Waals surface area (Å²) in [6.07, 6.45) is 8.71. The Bertz CT molecular complexity index is 264. The van der Waals surface area contributed by atoms with E-state index in [9.17, 15) is 4.79 Å². The molecule has 1 aliphatic heterocycles. The van der Waals surface area contributed by atoms with Crippen molar-refractivity contribution < 1.29 is 4.79 Å². The Kier molecular flexibility index (Phi) is 4.61. The number of piperidine rings is 1. The Morgan fingerprint density at radius 2 is 1.94 bits per heavy atom. The molecule has 2 heteroatoms. The lowest BCUT2D eigenvalue weighted by molar-refractivity contribution is -0.127. The van der Waals surface area contributed by atoms with Gasteiger partial charge in [-0.25, -0.2) is 0 Å². The normalized spacial score (nSPS) is 36.1. The number of Topliss-reactive ketones (excluding diaryl/α,β-unsaturated/α-hetero) is 1. The minimum atomic E-state index is 0.322. The van der Waals surface area contributed by atoms with Crippen molar-refractivity contribution in [1.82, 2.24) is 4.90 Å². The van der Waals surface area contributed by atoms with Gasteiger partial charge in [0.15, 0.2) is 0 Å². The summed E-state index contributed by atoms with van der Waals surface area (Å²) in [5.74, 6) is 1.71. The molecule has 17 heavy (non-hydrogen) atoms. The molecular formula is C15H27NO. The molecule has 1 saturated carbocycles. The zero-order valence-electron chi connectivity index (χ0n) is 11.5. The molecule has 3 atom stereocenters. The van der Waals surface area contributed by atoms with Crippen molar-refractivity contribution in [2.24, 2.45) is 11.8 Å². The summed E-state index contributed by atoms with van der Waals surface area (Å²) in [4.78, 5) is 14.4. The van der Waals surface area contributed by atoms with Gasteiger partial charge in [0.1, 0.15) is 5.78 Å². The van der Waals surface area contributed by atoms with Crippen LogP contribution in [0.25, 0.3) is 0 Å².